The summed E-state index contributed by atoms with van der Waals surface area (Å²) in [6.45, 7) is 1.11. The highest BCUT2D eigenvalue weighted by atomic mass is 19.1. The van der Waals surface area contributed by atoms with E-state index in [1.54, 1.807) is 24.5 Å². The second-order valence-corrected chi connectivity index (χ2v) is 5.74. The second-order valence-electron chi connectivity index (χ2n) is 5.74. The Labute approximate surface area is 147 Å². The fourth-order valence-electron chi connectivity index (χ4n) is 2.74. The van der Waals surface area contributed by atoms with Crippen molar-refractivity contribution in [3.8, 4) is 22.6 Å². The van der Waals surface area contributed by atoms with Gasteiger partial charge in [0.1, 0.15) is 5.82 Å². The van der Waals surface area contributed by atoms with Gasteiger partial charge in [-0.3, -0.25) is 5.32 Å². The lowest BCUT2D eigenvalue weighted by Gasteiger charge is -2.28. The third-order valence-corrected chi connectivity index (χ3v) is 4.04. The Balaban J connectivity index is 1.84. The van der Waals surface area contributed by atoms with E-state index in [4.69, 9.17) is 9.84 Å². The highest BCUT2D eigenvalue weighted by molar-refractivity contribution is 5.81. The molecule has 1 fully saturated rings. The molecule has 132 valence electrons. The zero-order valence-electron chi connectivity index (χ0n) is 13.5. The number of nitrogens with one attached hydrogen (secondary N) is 1. The topological polar surface area (TPSA) is 102 Å². The van der Waals surface area contributed by atoms with Crippen molar-refractivity contribution in [2.45, 2.75) is 6.04 Å². The van der Waals surface area contributed by atoms with E-state index in [-0.39, 0.29) is 17.8 Å². The molecule has 1 aliphatic heterocycles. The first-order chi connectivity index (χ1) is 12.6. The molecule has 0 spiro atoms. The minimum absolute atomic E-state index is 0.0299. The maximum Gasteiger partial charge on any atom is 0.411 e. The van der Waals surface area contributed by atoms with E-state index in [9.17, 15) is 9.18 Å². The Morgan fingerprint density at radius 3 is 2.65 bits per heavy atom. The quantitative estimate of drug-likeness (QED) is 0.746. The number of nitrogens with zero attached hydrogens (tertiary/aromatic N) is 4. The number of aromatic nitrogens is 4. The maximum atomic E-state index is 13.3. The minimum atomic E-state index is -1.25. The molecule has 26 heavy (non-hydrogen) atoms. The highest BCUT2D eigenvalue weighted by Gasteiger charge is 2.26. The van der Waals surface area contributed by atoms with Crippen LogP contribution in [0.25, 0.3) is 22.6 Å². The van der Waals surface area contributed by atoms with Gasteiger partial charge in [-0.2, -0.15) is 0 Å². The van der Waals surface area contributed by atoms with E-state index in [0.717, 1.165) is 5.56 Å². The van der Waals surface area contributed by atoms with Crippen molar-refractivity contribution in [2.75, 3.05) is 18.5 Å². The summed E-state index contributed by atoms with van der Waals surface area (Å²) in [7, 11) is 0. The fraction of sp³-hybridized carbons (Fsp3) is 0.176. The number of hydrogen-bond acceptors (Lipinski definition) is 5. The number of carboxylic acid groups (broad SMARTS) is 1. The SMILES string of the molecule is O=C(O)Nc1nccc(-c2c(-c3ccc(F)cc3)ncn2C2COC2)n1. The van der Waals surface area contributed by atoms with Crippen LogP contribution in [0, 0.1) is 5.82 Å². The zero-order chi connectivity index (χ0) is 18.1. The maximum absolute atomic E-state index is 13.3. The lowest BCUT2D eigenvalue weighted by atomic mass is 10.1. The monoisotopic (exact) mass is 355 g/mol. The smallest absolute Gasteiger partial charge is 0.411 e. The standard InChI is InChI=1S/C17H14FN5O3/c18-11-3-1-10(2-4-11)14-15(23(9-20-14)12-7-26-8-12)13-5-6-19-16(21-13)22-17(24)25/h1-6,9,12H,7-8H2,(H,24,25)(H,19,21,22). The number of imidazole rings is 1. The van der Waals surface area contributed by atoms with Gasteiger partial charge in [-0.1, -0.05) is 0 Å². The van der Waals surface area contributed by atoms with Crippen LogP contribution in [0.4, 0.5) is 15.1 Å². The molecule has 2 N–H and O–H groups in total. The first-order valence-corrected chi connectivity index (χ1v) is 7.85. The van der Waals surface area contributed by atoms with Gasteiger partial charge >= 0.3 is 6.09 Å². The van der Waals surface area contributed by atoms with Crippen LogP contribution in [0.5, 0.6) is 0 Å². The summed E-state index contributed by atoms with van der Waals surface area (Å²) in [6, 6.07) is 7.79. The molecular formula is C17H14FN5O3. The number of halogens is 1. The van der Waals surface area contributed by atoms with Gasteiger partial charge in [0.15, 0.2) is 0 Å². The molecule has 8 nitrogen and oxygen atoms in total. The van der Waals surface area contributed by atoms with Gasteiger partial charge in [0.25, 0.3) is 0 Å². The Morgan fingerprint density at radius 1 is 1.23 bits per heavy atom. The molecule has 3 heterocycles. The van der Waals surface area contributed by atoms with E-state index < -0.39 is 6.09 Å². The Kier molecular flexibility index (Phi) is 4.05. The normalized spacial score (nSPS) is 14.0. The van der Waals surface area contributed by atoms with Gasteiger partial charge < -0.3 is 14.4 Å². The van der Waals surface area contributed by atoms with Crippen LogP contribution < -0.4 is 5.32 Å². The summed E-state index contributed by atoms with van der Waals surface area (Å²) in [5.41, 5.74) is 2.55. The third-order valence-electron chi connectivity index (χ3n) is 4.04. The Hall–Kier alpha value is -3.33. The zero-order valence-corrected chi connectivity index (χ0v) is 13.5. The molecular weight excluding hydrogens is 341 g/mol. The summed E-state index contributed by atoms with van der Waals surface area (Å²) in [5, 5.41) is 11.0. The number of amides is 1. The first kappa shape index (κ1) is 16.2. The van der Waals surface area contributed by atoms with Gasteiger partial charge in [0.05, 0.1) is 42.7 Å². The van der Waals surface area contributed by atoms with Crippen molar-refractivity contribution in [1.29, 1.82) is 0 Å². The molecule has 2 aromatic heterocycles. The molecule has 0 bridgehead atoms. The molecule has 1 aliphatic rings. The van der Waals surface area contributed by atoms with Crippen molar-refractivity contribution in [3.63, 3.8) is 0 Å². The number of rotatable bonds is 4. The van der Waals surface area contributed by atoms with Crippen LogP contribution in [-0.4, -0.2) is 43.9 Å². The van der Waals surface area contributed by atoms with Crippen molar-refractivity contribution >= 4 is 12.0 Å². The van der Waals surface area contributed by atoms with Gasteiger partial charge in [-0.25, -0.2) is 24.1 Å². The van der Waals surface area contributed by atoms with Gasteiger partial charge in [-0.05, 0) is 30.3 Å². The molecule has 1 amide bonds. The van der Waals surface area contributed by atoms with Crippen molar-refractivity contribution < 1.29 is 19.0 Å². The van der Waals surface area contributed by atoms with E-state index >= 15 is 0 Å². The summed E-state index contributed by atoms with van der Waals surface area (Å²) in [5.74, 6) is -0.366. The van der Waals surface area contributed by atoms with Crippen molar-refractivity contribution in [3.05, 3.63) is 48.7 Å². The fourth-order valence-corrected chi connectivity index (χ4v) is 2.74. The largest absolute Gasteiger partial charge is 0.465 e. The molecule has 1 saturated heterocycles. The minimum Gasteiger partial charge on any atom is -0.465 e. The van der Waals surface area contributed by atoms with Gasteiger partial charge in [-0.15, -0.1) is 0 Å². The Bertz CT molecular complexity index is 953. The van der Waals surface area contributed by atoms with E-state index in [1.165, 1.54) is 18.3 Å². The number of carbonyl (C=O) groups is 1. The molecule has 0 radical (unpaired) electrons. The number of ether oxygens (including phenoxy) is 1. The first-order valence-electron chi connectivity index (χ1n) is 7.85. The van der Waals surface area contributed by atoms with E-state index in [2.05, 4.69) is 20.3 Å². The van der Waals surface area contributed by atoms with Gasteiger partial charge in [0.2, 0.25) is 5.95 Å². The molecule has 0 saturated carbocycles. The second kappa shape index (κ2) is 6.52. The van der Waals surface area contributed by atoms with Crippen molar-refractivity contribution in [1.82, 2.24) is 19.5 Å². The van der Waals surface area contributed by atoms with Crippen LogP contribution in [0.2, 0.25) is 0 Å². The van der Waals surface area contributed by atoms with Crippen molar-refractivity contribution in [2.24, 2.45) is 0 Å². The molecule has 0 atom stereocenters. The summed E-state index contributed by atoms with van der Waals surface area (Å²) in [4.78, 5) is 23.5. The van der Waals surface area contributed by atoms with Crippen LogP contribution in [0.1, 0.15) is 6.04 Å². The molecule has 1 aromatic carbocycles. The van der Waals surface area contributed by atoms with Crippen LogP contribution in [-0.2, 0) is 4.74 Å². The lowest BCUT2D eigenvalue weighted by Crippen LogP contribution is -2.30. The molecule has 9 heteroatoms. The predicted octanol–water partition coefficient (Wildman–Crippen LogP) is 2.81. The molecule has 3 aromatic rings. The molecule has 4 rings (SSSR count). The highest BCUT2D eigenvalue weighted by Crippen LogP contribution is 2.34. The average molecular weight is 355 g/mol. The summed E-state index contributed by atoms with van der Waals surface area (Å²) >= 11 is 0. The average Bonchev–Trinajstić information content (AvgIpc) is 2.98. The van der Waals surface area contributed by atoms with Crippen LogP contribution >= 0.6 is 0 Å². The van der Waals surface area contributed by atoms with Crippen LogP contribution in [0.15, 0.2) is 42.9 Å². The molecule has 0 unspecified atom stereocenters. The van der Waals surface area contributed by atoms with E-state index in [1.807, 2.05) is 4.57 Å². The van der Waals surface area contributed by atoms with Gasteiger partial charge in [0, 0.05) is 11.8 Å². The van der Waals surface area contributed by atoms with E-state index in [0.29, 0.717) is 30.3 Å². The summed E-state index contributed by atoms with van der Waals surface area (Å²) in [6.07, 6.45) is 1.91. The number of anilines is 1. The predicted molar refractivity (Wildman–Crippen MR) is 90.2 cm³/mol. The number of benzene rings is 1. The summed E-state index contributed by atoms with van der Waals surface area (Å²) < 4.78 is 20.5. The van der Waals surface area contributed by atoms with Crippen LogP contribution in [0.3, 0.4) is 0 Å². The number of hydrogen-bond donors (Lipinski definition) is 2. The Morgan fingerprint density at radius 2 is 2.00 bits per heavy atom. The lowest BCUT2D eigenvalue weighted by molar-refractivity contribution is -0.0226. The third kappa shape index (κ3) is 3.00. The molecule has 0 aliphatic carbocycles.